The molecule has 0 bridgehead atoms. The number of imidazole rings is 2. The number of nitrogens with one attached hydrogen (secondary N) is 1. The number of ether oxygens (including phenoxy) is 1. The molecule has 1 fully saturated rings. The number of benzene rings is 1. The molecule has 0 saturated carbocycles. The number of hydrogen-bond donors (Lipinski definition) is 1. The quantitative estimate of drug-likeness (QED) is 0.796. The number of para-hydroxylation sites is 2. The largest absolute Gasteiger partial charge is 0.376 e. The van der Waals surface area contributed by atoms with Gasteiger partial charge < -0.3 is 14.3 Å². The highest BCUT2D eigenvalue weighted by molar-refractivity contribution is 5.74. The third kappa shape index (κ3) is 3.08. The van der Waals surface area contributed by atoms with Crippen LogP contribution >= 0.6 is 0 Å². The molecule has 1 aliphatic rings. The van der Waals surface area contributed by atoms with Gasteiger partial charge in [0, 0.05) is 37.9 Å². The third-order valence-electron chi connectivity index (χ3n) is 4.84. The van der Waals surface area contributed by atoms with Gasteiger partial charge in [-0.05, 0) is 38.8 Å². The summed E-state index contributed by atoms with van der Waals surface area (Å²) in [6.07, 6.45) is 6.95. The summed E-state index contributed by atoms with van der Waals surface area (Å²) < 4.78 is 8.12. The fourth-order valence-electron chi connectivity index (χ4n) is 3.67. The average Bonchev–Trinajstić information content (AvgIpc) is 3.18. The summed E-state index contributed by atoms with van der Waals surface area (Å²) >= 11 is 0. The second kappa shape index (κ2) is 6.06. The molecule has 0 amide bonds. The van der Waals surface area contributed by atoms with Gasteiger partial charge in [-0.3, -0.25) is 0 Å². The minimum atomic E-state index is -0.0571. The molecule has 0 spiro atoms. The summed E-state index contributed by atoms with van der Waals surface area (Å²) in [7, 11) is 0. The van der Waals surface area contributed by atoms with Crippen LogP contribution < -0.4 is 0 Å². The third-order valence-corrected chi connectivity index (χ3v) is 4.84. The smallest absolute Gasteiger partial charge is 0.111 e. The number of H-pyrrole nitrogens is 1. The molecule has 3 aromatic rings. The van der Waals surface area contributed by atoms with Crippen LogP contribution in [0.5, 0.6) is 0 Å². The Morgan fingerprint density at radius 1 is 1.33 bits per heavy atom. The van der Waals surface area contributed by atoms with Gasteiger partial charge in [-0.1, -0.05) is 12.1 Å². The Morgan fingerprint density at radius 2 is 2.21 bits per heavy atom. The van der Waals surface area contributed by atoms with Gasteiger partial charge in [-0.25, -0.2) is 9.97 Å². The molecule has 1 aromatic carbocycles. The van der Waals surface area contributed by atoms with Gasteiger partial charge in [0.15, 0.2) is 0 Å². The SMILES string of the molecule is CC1(C)CC(c2nccn2CCc2nc3ccccc3[nH]2)CCO1. The summed E-state index contributed by atoms with van der Waals surface area (Å²) in [5.74, 6) is 2.69. The van der Waals surface area contributed by atoms with Crippen LogP contribution in [-0.2, 0) is 17.7 Å². The lowest BCUT2D eigenvalue weighted by molar-refractivity contribution is -0.0606. The van der Waals surface area contributed by atoms with E-state index in [9.17, 15) is 0 Å². The fraction of sp³-hybridized carbons (Fsp3) is 0.474. The van der Waals surface area contributed by atoms with Crippen molar-refractivity contribution in [2.24, 2.45) is 0 Å². The Balaban J connectivity index is 1.48. The molecule has 3 heterocycles. The van der Waals surface area contributed by atoms with Crippen molar-refractivity contribution in [2.45, 2.75) is 51.2 Å². The first-order chi connectivity index (χ1) is 11.6. The van der Waals surface area contributed by atoms with Gasteiger partial charge in [-0.15, -0.1) is 0 Å². The number of aromatic nitrogens is 4. The van der Waals surface area contributed by atoms with Gasteiger partial charge in [-0.2, -0.15) is 0 Å². The number of fused-ring (bicyclic) bond motifs is 1. The first-order valence-electron chi connectivity index (χ1n) is 8.69. The predicted molar refractivity (Wildman–Crippen MR) is 94.0 cm³/mol. The molecule has 5 nitrogen and oxygen atoms in total. The van der Waals surface area contributed by atoms with E-state index in [1.54, 1.807) is 0 Å². The molecule has 1 aliphatic heterocycles. The van der Waals surface area contributed by atoms with E-state index in [1.807, 2.05) is 24.4 Å². The number of hydrogen-bond acceptors (Lipinski definition) is 3. The maximum absolute atomic E-state index is 5.84. The van der Waals surface area contributed by atoms with Crippen molar-refractivity contribution in [1.82, 2.24) is 19.5 Å². The number of nitrogens with zero attached hydrogens (tertiary/aromatic N) is 3. The van der Waals surface area contributed by atoms with Crippen molar-refractivity contribution in [3.8, 4) is 0 Å². The van der Waals surface area contributed by atoms with E-state index in [0.29, 0.717) is 5.92 Å². The van der Waals surface area contributed by atoms with Gasteiger partial charge >= 0.3 is 0 Å². The second-order valence-corrected chi connectivity index (χ2v) is 7.23. The number of rotatable bonds is 4. The van der Waals surface area contributed by atoms with Gasteiger partial charge in [0.2, 0.25) is 0 Å². The van der Waals surface area contributed by atoms with Crippen LogP contribution in [0.4, 0.5) is 0 Å². The fourth-order valence-corrected chi connectivity index (χ4v) is 3.67. The normalized spacial score (nSPS) is 20.5. The molecule has 1 N–H and O–H groups in total. The van der Waals surface area contributed by atoms with Crippen molar-refractivity contribution in [3.05, 3.63) is 48.3 Å². The van der Waals surface area contributed by atoms with E-state index in [4.69, 9.17) is 4.74 Å². The molecule has 1 unspecified atom stereocenters. The van der Waals surface area contributed by atoms with Crippen molar-refractivity contribution in [1.29, 1.82) is 0 Å². The summed E-state index contributed by atoms with van der Waals surface area (Å²) in [6.45, 7) is 6.04. The highest BCUT2D eigenvalue weighted by Crippen LogP contribution is 2.34. The van der Waals surface area contributed by atoms with Crippen LogP contribution in [0.3, 0.4) is 0 Å². The Kier molecular flexibility index (Phi) is 3.88. The van der Waals surface area contributed by atoms with E-state index in [0.717, 1.165) is 49.3 Å². The highest BCUT2D eigenvalue weighted by atomic mass is 16.5. The van der Waals surface area contributed by atoms with Gasteiger partial charge in [0.25, 0.3) is 0 Å². The maximum Gasteiger partial charge on any atom is 0.111 e. The zero-order valence-electron chi connectivity index (χ0n) is 14.3. The van der Waals surface area contributed by atoms with Crippen LogP contribution in [0.15, 0.2) is 36.7 Å². The first kappa shape index (κ1) is 15.4. The monoisotopic (exact) mass is 324 g/mol. The topological polar surface area (TPSA) is 55.7 Å². The molecule has 24 heavy (non-hydrogen) atoms. The molecule has 0 radical (unpaired) electrons. The molecular formula is C19H24N4O. The van der Waals surface area contributed by atoms with Gasteiger partial charge in [0.1, 0.15) is 11.6 Å². The van der Waals surface area contributed by atoms with Gasteiger partial charge in [0.05, 0.1) is 16.6 Å². The van der Waals surface area contributed by atoms with Crippen molar-refractivity contribution >= 4 is 11.0 Å². The summed E-state index contributed by atoms with van der Waals surface area (Å²) in [5.41, 5.74) is 2.08. The van der Waals surface area contributed by atoms with Crippen LogP contribution in [-0.4, -0.2) is 31.7 Å². The Bertz CT molecular complexity index is 800. The minimum Gasteiger partial charge on any atom is -0.376 e. The Labute approximate surface area is 142 Å². The molecule has 5 heteroatoms. The molecule has 126 valence electrons. The van der Waals surface area contributed by atoms with Crippen LogP contribution in [0.2, 0.25) is 0 Å². The van der Waals surface area contributed by atoms with Crippen LogP contribution in [0.1, 0.15) is 44.3 Å². The predicted octanol–water partition coefficient (Wildman–Crippen LogP) is 3.67. The van der Waals surface area contributed by atoms with E-state index < -0.39 is 0 Å². The van der Waals surface area contributed by atoms with E-state index in [1.165, 1.54) is 5.82 Å². The zero-order valence-corrected chi connectivity index (χ0v) is 14.3. The van der Waals surface area contributed by atoms with Crippen LogP contribution in [0.25, 0.3) is 11.0 Å². The second-order valence-electron chi connectivity index (χ2n) is 7.23. The Hall–Kier alpha value is -2.14. The van der Waals surface area contributed by atoms with E-state index in [-0.39, 0.29) is 5.60 Å². The maximum atomic E-state index is 5.84. The van der Waals surface area contributed by atoms with Crippen molar-refractivity contribution < 1.29 is 4.74 Å². The zero-order chi connectivity index (χ0) is 16.6. The summed E-state index contributed by atoms with van der Waals surface area (Å²) in [4.78, 5) is 12.7. The molecule has 4 rings (SSSR count). The van der Waals surface area contributed by atoms with Crippen molar-refractivity contribution in [3.63, 3.8) is 0 Å². The minimum absolute atomic E-state index is 0.0571. The summed E-state index contributed by atoms with van der Waals surface area (Å²) in [6, 6.07) is 8.17. The standard InChI is InChI=1S/C19H24N4O/c1-19(2)13-14(8-12-24-19)18-20-9-11-23(18)10-7-17-21-15-5-3-4-6-16(15)22-17/h3-6,9,11,14H,7-8,10,12-13H2,1-2H3,(H,21,22). The molecule has 2 aromatic heterocycles. The first-order valence-corrected chi connectivity index (χ1v) is 8.69. The lowest BCUT2D eigenvalue weighted by Gasteiger charge is -2.35. The van der Waals surface area contributed by atoms with Crippen molar-refractivity contribution in [2.75, 3.05) is 6.61 Å². The number of aromatic amines is 1. The molecular weight excluding hydrogens is 300 g/mol. The average molecular weight is 324 g/mol. The lowest BCUT2D eigenvalue weighted by Crippen LogP contribution is -2.34. The lowest BCUT2D eigenvalue weighted by atomic mass is 9.88. The molecule has 1 saturated heterocycles. The molecule has 1 atom stereocenters. The highest BCUT2D eigenvalue weighted by Gasteiger charge is 2.31. The summed E-state index contributed by atoms with van der Waals surface area (Å²) in [5, 5.41) is 0. The molecule has 0 aliphatic carbocycles. The number of aryl methyl sites for hydroxylation is 2. The van der Waals surface area contributed by atoms with Crippen LogP contribution in [0, 0.1) is 0 Å². The van der Waals surface area contributed by atoms with E-state index >= 15 is 0 Å². The van der Waals surface area contributed by atoms with E-state index in [2.05, 4.69) is 45.6 Å². The Morgan fingerprint density at radius 3 is 3.04 bits per heavy atom.